The molecule has 0 saturated carbocycles. The van der Waals surface area contributed by atoms with Crippen LogP contribution >= 0.6 is 0 Å². The van der Waals surface area contributed by atoms with Crippen LogP contribution in [0.4, 0.5) is 5.69 Å². The highest BCUT2D eigenvalue weighted by atomic mass is 16.2. The third-order valence-electron chi connectivity index (χ3n) is 2.67. The molecular weight excluding hydrogens is 214 g/mol. The highest BCUT2D eigenvalue weighted by Crippen LogP contribution is 2.19. The minimum absolute atomic E-state index is 0.0368. The van der Waals surface area contributed by atoms with Gasteiger partial charge in [0.25, 0.3) is 0 Å². The summed E-state index contributed by atoms with van der Waals surface area (Å²) in [6, 6.07) is 9.32. The molecule has 0 radical (unpaired) electrons. The topological polar surface area (TPSA) is 37.4 Å². The van der Waals surface area contributed by atoms with Crippen molar-refractivity contribution in [2.24, 2.45) is 5.41 Å². The van der Waals surface area contributed by atoms with E-state index in [-0.39, 0.29) is 18.1 Å². The smallest absolute Gasteiger partial charge is 0.234 e. The summed E-state index contributed by atoms with van der Waals surface area (Å²) in [5, 5.41) is 0. The molecule has 1 amide bonds. The lowest BCUT2D eigenvalue weighted by Crippen LogP contribution is -2.32. The van der Waals surface area contributed by atoms with Gasteiger partial charge in [-0.25, -0.2) is 0 Å². The van der Waals surface area contributed by atoms with Gasteiger partial charge in [0.05, 0.1) is 6.42 Å². The quantitative estimate of drug-likeness (QED) is 0.753. The lowest BCUT2D eigenvalue weighted by atomic mass is 9.89. The number of benzene rings is 1. The van der Waals surface area contributed by atoms with E-state index in [1.807, 2.05) is 51.1 Å². The number of ketones is 1. The molecule has 3 nitrogen and oxygen atoms in total. The van der Waals surface area contributed by atoms with Crippen molar-refractivity contribution in [1.29, 1.82) is 0 Å². The van der Waals surface area contributed by atoms with Crippen molar-refractivity contribution in [2.75, 3.05) is 11.9 Å². The first-order valence-corrected chi connectivity index (χ1v) is 5.67. The summed E-state index contributed by atoms with van der Waals surface area (Å²) in [5.41, 5.74) is 0.340. The number of para-hydroxylation sites is 1. The average Bonchev–Trinajstić information content (AvgIpc) is 2.27. The van der Waals surface area contributed by atoms with E-state index in [1.165, 1.54) is 4.90 Å². The van der Waals surface area contributed by atoms with Gasteiger partial charge in [0, 0.05) is 18.2 Å². The zero-order chi connectivity index (χ0) is 13.1. The number of anilines is 1. The molecule has 0 heterocycles. The summed E-state index contributed by atoms with van der Waals surface area (Å²) in [6.07, 6.45) is -0.0467. The summed E-state index contributed by atoms with van der Waals surface area (Å²) in [6.45, 7) is 5.47. The van der Waals surface area contributed by atoms with Gasteiger partial charge in [0.1, 0.15) is 5.78 Å². The third kappa shape index (κ3) is 3.70. The van der Waals surface area contributed by atoms with Gasteiger partial charge in [-0.1, -0.05) is 39.0 Å². The van der Waals surface area contributed by atoms with E-state index in [9.17, 15) is 9.59 Å². The van der Waals surface area contributed by atoms with Crippen LogP contribution < -0.4 is 4.90 Å². The summed E-state index contributed by atoms with van der Waals surface area (Å²) < 4.78 is 0. The number of nitrogens with zero attached hydrogens (tertiary/aromatic N) is 1. The number of Topliss-reactive ketones (excluding diaryl/α,β-unsaturated/α-hetero) is 1. The number of carbonyl (C=O) groups is 2. The monoisotopic (exact) mass is 233 g/mol. The lowest BCUT2D eigenvalue weighted by molar-refractivity contribution is -0.131. The first kappa shape index (κ1) is 13.4. The molecule has 3 heteroatoms. The van der Waals surface area contributed by atoms with Crippen molar-refractivity contribution in [1.82, 2.24) is 0 Å². The normalized spacial score (nSPS) is 11.1. The highest BCUT2D eigenvalue weighted by molar-refractivity contribution is 6.06. The predicted octanol–water partition coefficient (Wildman–Crippen LogP) is 2.65. The SMILES string of the molecule is CN(C(=O)CC(=O)C(C)(C)C)c1ccccc1. The third-order valence-corrected chi connectivity index (χ3v) is 2.67. The molecule has 17 heavy (non-hydrogen) atoms. The minimum atomic E-state index is -0.465. The van der Waals surface area contributed by atoms with Crippen molar-refractivity contribution in [3.05, 3.63) is 30.3 Å². The Hall–Kier alpha value is -1.64. The van der Waals surface area contributed by atoms with Crippen molar-refractivity contribution < 1.29 is 9.59 Å². The van der Waals surface area contributed by atoms with E-state index in [0.29, 0.717) is 0 Å². The molecule has 0 fully saturated rings. The summed E-state index contributed by atoms with van der Waals surface area (Å²) in [7, 11) is 1.69. The van der Waals surface area contributed by atoms with E-state index < -0.39 is 5.41 Å². The number of carbonyl (C=O) groups excluding carboxylic acids is 2. The molecule has 0 unspecified atom stereocenters. The van der Waals surface area contributed by atoms with Crippen LogP contribution in [0.1, 0.15) is 27.2 Å². The van der Waals surface area contributed by atoms with Crippen LogP contribution in [0.15, 0.2) is 30.3 Å². The number of amides is 1. The van der Waals surface area contributed by atoms with Crippen LogP contribution in [0.3, 0.4) is 0 Å². The van der Waals surface area contributed by atoms with Crippen molar-refractivity contribution in [2.45, 2.75) is 27.2 Å². The van der Waals surface area contributed by atoms with Crippen LogP contribution in [0.2, 0.25) is 0 Å². The van der Waals surface area contributed by atoms with Crippen LogP contribution in [0.25, 0.3) is 0 Å². The number of rotatable bonds is 3. The molecule has 0 atom stereocenters. The Morgan fingerprint density at radius 3 is 2.12 bits per heavy atom. The second kappa shape index (κ2) is 5.13. The van der Waals surface area contributed by atoms with Gasteiger partial charge < -0.3 is 4.90 Å². The number of hydrogen-bond acceptors (Lipinski definition) is 2. The molecule has 1 aromatic carbocycles. The second-order valence-corrected chi connectivity index (χ2v) is 5.14. The van der Waals surface area contributed by atoms with Gasteiger partial charge in [-0.3, -0.25) is 9.59 Å². The lowest BCUT2D eigenvalue weighted by Gasteiger charge is -2.20. The molecule has 0 aliphatic rings. The molecule has 1 aromatic rings. The Morgan fingerprint density at radius 2 is 1.65 bits per heavy atom. The van der Waals surface area contributed by atoms with Crippen molar-refractivity contribution >= 4 is 17.4 Å². The Morgan fingerprint density at radius 1 is 1.12 bits per heavy atom. The van der Waals surface area contributed by atoms with Gasteiger partial charge >= 0.3 is 0 Å². The van der Waals surface area contributed by atoms with Gasteiger partial charge in [-0.15, -0.1) is 0 Å². The predicted molar refractivity (Wildman–Crippen MR) is 68.9 cm³/mol. The number of hydrogen-bond donors (Lipinski definition) is 0. The van der Waals surface area contributed by atoms with Crippen LogP contribution in [-0.4, -0.2) is 18.7 Å². The average molecular weight is 233 g/mol. The van der Waals surface area contributed by atoms with Crippen LogP contribution in [0.5, 0.6) is 0 Å². The molecule has 0 N–H and O–H groups in total. The first-order valence-electron chi connectivity index (χ1n) is 5.67. The maximum atomic E-state index is 11.9. The van der Waals surface area contributed by atoms with E-state index >= 15 is 0 Å². The van der Waals surface area contributed by atoms with E-state index in [2.05, 4.69) is 0 Å². The second-order valence-electron chi connectivity index (χ2n) is 5.14. The van der Waals surface area contributed by atoms with Crippen LogP contribution in [-0.2, 0) is 9.59 Å². The first-order chi connectivity index (χ1) is 7.82. The molecule has 0 spiro atoms. The fourth-order valence-corrected chi connectivity index (χ4v) is 1.32. The van der Waals surface area contributed by atoms with Crippen LogP contribution in [0, 0.1) is 5.41 Å². The highest BCUT2D eigenvalue weighted by Gasteiger charge is 2.25. The summed E-state index contributed by atoms with van der Waals surface area (Å²) in [4.78, 5) is 25.2. The Bertz CT molecular complexity index is 404. The Balaban J connectivity index is 2.69. The fourth-order valence-electron chi connectivity index (χ4n) is 1.32. The molecular formula is C14H19NO2. The zero-order valence-corrected chi connectivity index (χ0v) is 10.9. The molecule has 0 bridgehead atoms. The molecule has 0 aliphatic heterocycles. The fraction of sp³-hybridized carbons (Fsp3) is 0.429. The Labute approximate surface area is 102 Å². The Kier molecular flexibility index (Phi) is 4.05. The van der Waals surface area contributed by atoms with Gasteiger partial charge in [0.15, 0.2) is 0 Å². The van der Waals surface area contributed by atoms with E-state index in [0.717, 1.165) is 5.69 Å². The largest absolute Gasteiger partial charge is 0.315 e. The molecule has 92 valence electrons. The molecule has 0 saturated heterocycles. The zero-order valence-electron chi connectivity index (χ0n) is 10.9. The van der Waals surface area contributed by atoms with Gasteiger partial charge in [-0.2, -0.15) is 0 Å². The van der Waals surface area contributed by atoms with Crippen molar-refractivity contribution in [3.63, 3.8) is 0 Å². The minimum Gasteiger partial charge on any atom is -0.315 e. The van der Waals surface area contributed by atoms with E-state index in [4.69, 9.17) is 0 Å². The maximum Gasteiger partial charge on any atom is 0.234 e. The standard InChI is InChI=1S/C14H19NO2/c1-14(2,3)12(16)10-13(17)15(4)11-8-6-5-7-9-11/h5-9H,10H2,1-4H3. The van der Waals surface area contributed by atoms with Crippen molar-refractivity contribution in [3.8, 4) is 0 Å². The van der Waals surface area contributed by atoms with E-state index in [1.54, 1.807) is 7.05 Å². The molecule has 0 aliphatic carbocycles. The van der Waals surface area contributed by atoms with Gasteiger partial charge in [0.2, 0.25) is 5.91 Å². The molecule has 0 aromatic heterocycles. The van der Waals surface area contributed by atoms with Gasteiger partial charge in [-0.05, 0) is 12.1 Å². The molecule has 1 rings (SSSR count). The summed E-state index contributed by atoms with van der Waals surface area (Å²) >= 11 is 0. The maximum absolute atomic E-state index is 11.9. The summed E-state index contributed by atoms with van der Waals surface area (Å²) in [5.74, 6) is -0.207.